The van der Waals surface area contributed by atoms with E-state index in [1.165, 1.54) is 4.68 Å². The molecule has 2 aromatic rings. The van der Waals surface area contributed by atoms with E-state index in [4.69, 9.17) is 0 Å². The zero-order valence-electron chi connectivity index (χ0n) is 11.6. The lowest BCUT2D eigenvalue weighted by molar-refractivity contribution is 0.113. The Balaban J connectivity index is 1.82. The van der Waals surface area contributed by atoms with Gasteiger partial charge in [0, 0.05) is 18.8 Å². The SMILES string of the molecule is CC(O)CC1CCCN1Cn1nc2ccccn2c1=O. The van der Waals surface area contributed by atoms with Crippen molar-refractivity contribution in [2.45, 2.75) is 45.0 Å². The van der Waals surface area contributed by atoms with Gasteiger partial charge in [-0.2, -0.15) is 4.68 Å². The number of aromatic nitrogens is 3. The van der Waals surface area contributed by atoms with Crippen molar-refractivity contribution in [3.63, 3.8) is 0 Å². The molecule has 0 spiro atoms. The lowest BCUT2D eigenvalue weighted by Crippen LogP contribution is -2.37. The van der Waals surface area contributed by atoms with Crippen LogP contribution < -0.4 is 5.69 Å². The van der Waals surface area contributed by atoms with Crippen molar-refractivity contribution in [1.29, 1.82) is 0 Å². The first-order valence-electron chi connectivity index (χ1n) is 7.11. The first-order chi connectivity index (χ1) is 9.65. The van der Waals surface area contributed by atoms with Crippen molar-refractivity contribution in [2.24, 2.45) is 0 Å². The van der Waals surface area contributed by atoms with Gasteiger partial charge in [-0.15, -0.1) is 5.10 Å². The van der Waals surface area contributed by atoms with Crippen LogP contribution in [0.25, 0.3) is 5.65 Å². The number of nitrogens with zero attached hydrogens (tertiary/aromatic N) is 4. The summed E-state index contributed by atoms with van der Waals surface area (Å²) in [7, 11) is 0. The summed E-state index contributed by atoms with van der Waals surface area (Å²) in [5.74, 6) is 0. The van der Waals surface area contributed by atoms with E-state index in [9.17, 15) is 9.90 Å². The van der Waals surface area contributed by atoms with Crippen LogP contribution in [0.4, 0.5) is 0 Å². The maximum atomic E-state index is 12.2. The van der Waals surface area contributed by atoms with Crippen LogP contribution >= 0.6 is 0 Å². The Morgan fingerprint density at radius 3 is 3.10 bits per heavy atom. The molecule has 1 aliphatic heterocycles. The molecule has 108 valence electrons. The van der Waals surface area contributed by atoms with Crippen LogP contribution in [0.1, 0.15) is 26.2 Å². The number of hydrogen-bond acceptors (Lipinski definition) is 4. The first kappa shape index (κ1) is 13.3. The van der Waals surface area contributed by atoms with Gasteiger partial charge in [0.1, 0.15) is 0 Å². The summed E-state index contributed by atoms with van der Waals surface area (Å²) in [4.78, 5) is 14.5. The minimum absolute atomic E-state index is 0.108. The molecule has 0 aromatic carbocycles. The van der Waals surface area contributed by atoms with Crippen LogP contribution in [0.5, 0.6) is 0 Å². The van der Waals surface area contributed by atoms with Gasteiger partial charge >= 0.3 is 5.69 Å². The molecule has 0 amide bonds. The molecule has 3 heterocycles. The van der Waals surface area contributed by atoms with Crippen LogP contribution in [-0.2, 0) is 6.67 Å². The van der Waals surface area contributed by atoms with E-state index >= 15 is 0 Å². The van der Waals surface area contributed by atoms with Gasteiger partial charge in [-0.1, -0.05) is 6.07 Å². The second kappa shape index (κ2) is 5.38. The third-order valence-corrected chi connectivity index (χ3v) is 3.92. The van der Waals surface area contributed by atoms with Gasteiger partial charge in [-0.3, -0.25) is 9.30 Å². The van der Waals surface area contributed by atoms with Gasteiger partial charge in [-0.25, -0.2) is 4.79 Å². The number of hydrogen-bond donors (Lipinski definition) is 1. The molecule has 6 nitrogen and oxygen atoms in total. The molecule has 3 rings (SSSR count). The van der Waals surface area contributed by atoms with Crippen molar-refractivity contribution in [1.82, 2.24) is 19.1 Å². The second-order valence-corrected chi connectivity index (χ2v) is 5.55. The summed E-state index contributed by atoms with van der Waals surface area (Å²) < 4.78 is 3.06. The van der Waals surface area contributed by atoms with Gasteiger partial charge in [0.05, 0.1) is 12.8 Å². The van der Waals surface area contributed by atoms with E-state index in [1.807, 2.05) is 25.1 Å². The van der Waals surface area contributed by atoms with Gasteiger partial charge in [0.25, 0.3) is 0 Å². The number of aliphatic hydroxyl groups is 1. The number of rotatable bonds is 4. The average Bonchev–Trinajstić information content (AvgIpc) is 2.96. The number of fused-ring (bicyclic) bond motifs is 1. The third-order valence-electron chi connectivity index (χ3n) is 3.92. The first-order valence-corrected chi connectivity index (χ1v) is 7.11. The largest absolute Gasteiger partial charge is 0.393 e. The molecule has 1 N–H and O–H groups in total. The maximum absolute atomic E-state index is 12.2. The van der Waals surface area contributed by atoms with E-state index in [0.717, 1.165) is 25.8 Å². The molecule has 1 fully saturated rings. The molecule has 0 radical (unpaired) electrons. The minimum Gasteiger partial charge on any atom is -0.393 e. The van der Waals surface area contributed by atoms with Crippen molar-refractivity contribution in [3.05, 3.63) is 34.9 Å². The summed E-state index contributed by atoms with van der Waals surface area (Å²) in [6, 6.07) is 5.87. The van der Waals surface area contributed by atoms with E-state index in [1.54, 1.807) is 10.6 Å². The number of pyridine rings is 1. The molecule has 2 aromatic heterocycles. The van der Waals surface area contributed by atoms with E-state index in [0.29, 0.717) is 18.4 Å². The number of likely N-dealkylation sites (tertiary alicyclic amines) is 1. The second-order valence-electron chi connectivity index (χ2n) is 5.55. The molecule has 2 atom stereocenters. The van der Waals surface area contributed by atoms with Crippen molar-refractivity contribution < 1.29 is 5.11 Å². The van der Waals surface area contributed by atoms with Crippen LogP contribution in [-0.4, -0.2) is 42.9 Å². The maximum Gasteiger partial charge on any atom is 0.351 e. The Bertz CT molecular complexity index is 646. The van der Waals surface area contributed by atoms with Gasteiger partial charge in [-0.05, 0) is 38.3 Å². The summed E-state index contributed by atoms with van der Waals surface area (Å²) in [5, 5.41) is 13.9. The predicted octanol–water partition coefficient (Wildman–Crippen LogP) is 0.689. The van der Waals surface area contributed by atoms with Crippen molar-refractivity contribution >= 4 is 5.65 Å². The third kappa shape index (κ3) is 2.48. The molecule has 0 aliphatic carbocycles. The summed E-state index contributed by atoms with van der Waals surface area (Å²) in [6.45, 7) is 3.27. The van der Waals surface area contributed by atoms with Gasteiger partial charge in [0.15, 0.2) is 5.65 Å². The Labute approximate surface area is 117 Å². The van der Waals surface area contributed by atoms with Crippen LogP contribution in [0, 0.1) is 0 Å². The van der Waals surface area contributed by atoms with E-state index in [2.05, 4.69) is 10.00 Å². The highest BCUT2D eigenvalue weighted by molar-refractivity contribution is 5.35. The standard InChI is InChI=1S/C14H20N4O2/c1-11(19)9-12-5-4-7-16(12)10-18-14(20)17-8-3-2-6-13(17)15-18/h2-3,6,8,11-12,19H,4-5,7,9-10H2,1H3. The molecular formula is C14H20N4O2. The summed E-state index contributed by atoms with van der Waals surface area (Å²) >= 11 is 0. The molecule has 1 aliphatic rings. The highest BCUT2D eigenvalue weighted by Crippen LogP contribution is 2.21. The fourth-order valence-corrected chi connectivity index (χ4v) is 2.97. The van der Waals surface area contributed by atoms with Gasteiger partial charge < -0.3 is 5.11 Å². The fourth-order valence-electron chi connectivity index (χ4n) is 2.97. The average molecular weight is 276 g/mol. The lowest BCUT2D eigenvalue weighted by Gasteiger charge is -2.24. The zero-order valence-corrected chi connectivity index (χ0v) is 11.6. The lowest BCUT2D eigenvalue weighted by atomic mass is 10.1. The monoisotopic (exact) mass is 276 g/mol. The minimum atomic E-state index is -0.307. The Kier molecular flexibility index (Phi) is 3.58. The van der Waals surface area contributed by atoms with Crippen LogP contribution in [0.15, 0.2) is 29.2 Å². The Morgan fingerprint density at radius 2 is 2.35 bits per heavy atom. The predicted molar refractivity (Wildman–Crippen MR) is 75.5 cm³/mol. The van der Waals surface area contributed by atoms with Crippen LogP contribution in [0.3, 0.4) is 0 Å². The normalized spacial score (nSPS) is 21.6. The Hall–Kier alpha value is -1.66. The summed E-state index contributed by atoms with van der Waals surface area (Å²) in [6.07, 6.45) is 4.37. The van der Waals surface area contributed by atoms with E-state index < -0.39 is 0 Å². The van der Waals surface area contributed by atoms with Crippen molar-refractivity contribution in [3.8, 4) is 0 Å². The number of aliphatic hydroxyl groups excluding tert-OH is 1. The highest BCUT2D eigenvalue weighted by atomic mass is 16.3. The fraction of sp³-hybridized carbons (Fsp3) is 0.571. The molecule has 20 heavy (non-hydrogen) atoms. The van der Waals surface area contributed by atoms with Crippen molar-refractivity contribution in [2.75, 3.05) is 6.54 Å². The quantitative estimate of drug-likeness (QED) is 0.892. The molecule has 0 saturated carbocycles. The van der Waals surface area contributed by atoms with Gasteiger partial charge in [0.2, 0.25) is 0 Å². The highest BCUT2D eigenvalue weighted by Gasteiger charge is 2.26. The molecule has 1 saturated heterocycles. The van der Waals surface area contributed by atoms with Crippen LogP contribution in [0.2, 0.25) is 0 Å². The Morgan fingerprint density at radius 1 is 1.50 bits per heavy atom. The molecule has 6 heteroatoms. The topological polar surface area (TPSA) is 62.8 Å². The molecular weight excluding hydrogens is 256 g/mol. The molecule has 2 unspecified atom stereocenters. The molecule has 0 bridgehead atoms. The smallest absolute Gasteiger partial charge is 0.351 e. The summed E-state index contributed by atoms with van der Waals surface area (Å²) in [5.41, 5.74) is 0.562. The van der Waals surface area contributed by atoms with E-state index in [-0.39, 0.29) is 11.8 Å². The zero-order chi connectivity index (χ0) is 14.1.